The molecule has 1 saturated carbocycles. The van der Waals surface area contributed by atoms with Gasteiger partial charge >= 0.3 is 6.36 Å². The molecule has 1 aliphatic heterocycles. The van der Waals surface area contributed by atoms with Gasteiger partial charge in [-0.05, 0) is 30.5 Å². The van der Waals surface area contributed by atoms with Crippen molar-refractivity contribution in [1.82, 2.24) is 14.9 Å². The smallest absolute Gasteiger partial charge is 0.406 e. The second-order valence-corrected chi connectivity index (χ2v) is 7.86. The molecule has 1 N–H and O–H groups in total. The summed E-state index contributed by atoms with van der Waals surface area (Å²) in [5.74, 6) is 0.959. The summed E-state index contributed by atoms with van der Waals surface area (Å²) in [7, 11) is 0. The molecule has 1 aromatic heterocycles. The molecule has 2 aromatic rings. The fourth-order valence-corrected chi connectivity index (χ4v) is 4.26. The highest BCUT2D eigenvalue weighted by atomic mass is 19.4. The van der Waals surface area contributed by atoms with Gasteiger partial charge in [-0.2, -0.15) is 0 Å². The van der Waals surface area contributed by atoms with Crippen LogP contribution in [0.15, 0.2) is 29.1 Å². The van der Waals surface area contributed by atoms with Gasteiger partial charge in [-0.25, -0.2) is 4.98 Å². The van der Waals surface area contributed by atoms with Crippen molar-refractivity contribution in [1.29, 1.82) is 0 Å². The fraction of sp³-hybridized carbons (Fsp3) is 0.524. The summed E-state index contributed by atoms with van der Waals surface area (Å²) < 4.78 is 40.7. The van der Waals surface area contributed by atoms with Gasteiger partial charge in [0.15, 0.2) is 0 Å². The van der Waals surface area contributed by atoms with Crippen molar-refractivity contribution in [2.24, 2.45) is 0 Å². The van der Waals surface area contributed by atoms with Crippen LogP contribution in [0.1, 0.15) is 60.7 Å². The van der Waals surface area contributed by atoms with Gasteiger partial charge in [-0.3, -0.25) is 9.69 Å². The van der Waals surface area contributed by atoms with E-state index >= 15 is 0 Å². The Hall–Kier alpha value is -2.35. The number of hydrogen-bond donors (Lipinski definition) is 1. The molecule has 2 heterocycles. The Morgan fingerprint density at radius 1 is 1.14 bits per heavy atom. The number of benzene rings is 1. The van der Waals surface area contributed by atoms with Crippen LogP contribution in [0.25, 0.3) is 0 Å². The first-order valence-electron chi connectivity index (χ1n) is 10.1. The van der Waals surface area contributed by atoms with E-state index in [1.165, 1.54) is 31.4 Å². The first-order valence-corrected chi connectivity index (χ1v) is 10.1. The van der Waals surface area contributed by atoms with E-state index in [0.29, 0.717) is 31.0 Å². The van der Waals surface area contributed by atoms with Crippen LogP contribution in [-0.4, -0.2) is 27.8 Å². The number of aromatic nitrogens is 2. The third-order valence-electron chi connectivity index (χ3n) is 5.72. The third-order valence-corrected chi connectivity index (χ3v) is 5.72. The number of ether oxygens (including phenoxy) is 1. The zero-order valence-corrected chi connectivity index (χ0v) is 16.1. The van der Waals surface area contributed by atoms with Gasteiger partial charge in [0.05, 0.1) is 11.3 Å². The van der Waals surface area contributed by atoms with Crippen molar-refractivity contribution in [2.45, 2.75) is 63.9 Å². The maximum absolute atomic E-state index is 12.7. The molecule has 1 aliphatic carbocycles. The fourth-order valence-electron chi connectivity index (χ4n) is 4.26. The number of H-pyrrole nitrogens is 1. The van der Waals surface area contributed by atoms with E-state index in [1.807, 2.05) is 0 Å². The number of hydrogen-bond acceptors (Lipinski definition) is 4. The van der Waals surface area contributed by atoms with Crippen LogP contribution in [0.2, 0.25) is 0 Å². The number of nitrogens with zero attached hydrogens (tertiary/aromatic N) is 2. The summed E-state index contributed by atoms with van der Waals surface area (Å²) in [5.41, 5.74) is 2.40. The average molecular weight is 407 g/mol. The summed E-state index contributed by atoms with van der Waals surface area (Å²) in [4.78, 5) is 22.5. The first-order chi connectivity index (χ1) is 13.9. The predicted molar refractivity (Wildman–Crippen MR) is 102 cm³/mol. The third kappa shape index (κ3) is 4.98. The van der Waals surface area contributed by atoms with Crippen molar-refractivity contribution < 1.29 is 17.9 Å². The Labute approximate surface area is 166 Å². The maximum atomic E-state index is 12.7. The molecule has 29 heavy (non-hydrogen) atoms. The Balaban J connectivity index is 1.43. The minimum Gasteiger partial charge on any atom is -0.406 e. The lowest BCUT2D eigenvalue weighted by atomic mass is 9.88. The second kappa shape index (κ2) is 8.18. The van der Waals surface area contributed by atoms with Gasteiger partial charge < -0.3 is 9.72 Å². The number of nitrogens with one attached hydrogen (secondary N) is 1. The lowest BCUT2D eigenvalue weighted by molar-refractivity contribution is -0.274. The molecule has 2 aliphatic rings. The predicted octanol–water partition coefficient (Wildman–Crippen LogP) is 4.27. The minimum atomic E-state index is -4.69. The second-order valence-electron chi connectivity index (χ2n) is 7.86. The monoisotopic (exact) mass is 407 g/mol. The van der Waals surface area contributed by atoms with Crippen LogP contribution in [0.3, 0.4) is 0 Å². The van der Waals surface area contributed by atoms with Crippen LogP contribution in [0, 0.1) is 0 Å². The van der Waals surface area contributed by atoms with Crippen LogP contribution in [-0.2, 0) is 19.5 Å². The summed E-state index contributed by atoms with van der Waals surface area (Å²) in [6, 6.07) is 5.85. The Bertz CT molecular complexity index is 903. The first kappa shape index (κ1) is 19.9. The van der Waals surface area contributed by atoms with Crippen molar-refractivity contribution in [3.05, 3.63) is 57.3 Å². The van der Waals surface area contributed by atoms with E-state index in [1.54, 1.807) is 12.1 Å². The standard InChI is InChI=1S/C21H24F3N3O2/c22-21(23,24)29-16-8-6-14(7-9-16)12-27-11-10-18-17(13-27)20(28)26-19(25-18)15-4-2-1-3-5-15/h6-9,15H,1-5,10-13H2,(H,25,26,28). The molecule has 8 heteroatoms. The highest BCUT2D eigenvalue weighted by Gasteiger charge is 2.31. The quantitative estimate of drug-likeness (QED) is 0.822. The molecular weight excluding hydrogens is 383 g/mol. The summed E-state index contributed by atoms with van der Waals surface area (Å²) in [6.45, 7) is 1.80. The van der Waals surface area contributed by atoms with E-state index in [2.05, 4.69) is 14.6 Å². The Kier molecular flexibility index (Phi) is 5.63. The molecule has 0 spiro atoms. The van der Waals surface area contributed by atoms with Crippen molar-refractivity contribution in [2.75, 3.05) is 6.54 Å². The number of alkyl halides is 3. The van der Waals surface area contributed by atoms with E-state index in [4.69, 9.17) is 4.98 Å². The van der Waals surface area contributed by atoms with Crippen LogP contribution < -0.4 is 10.3 Å². The lowest BCUT2D eigenvalue weighted by Crippen LogP contribution is -2.36. The lowest BCUT2D eigenvalue weighted by Gasteiger charge is -2.29. The van der Waals surface area contributed by atoms with Crippen LogP contribution in [0.4, 0.5) is 13.2 Å². The zero-order valence-electron chi connectivity index (χ0n) is 16.1. The van der Waals surface area contributed by atoms with E-state index < -0.39 is 6.36 Å². The topological polar surface area (TPSA) is 58.2 Å². The van der Waals surface area contributed by atoms with Gasteiger partial charge in [-0.1, -0.05) is 31.4 Å². The van der Waals surface area contributed by atoms with Crippen molar-refractivity contribution in [3.8, 4) is 5.75 Å². The molecule has 0 atom stereocenters. The molecule has 0 amide bonds. The van der Waals surface area contributed by atoms with Gasteiger partial charge in [0.1, 0.15) is 11.6 Å². The zero-order chi connectivity index (χ0) is 20.4. The summed E-state index contributed by atoms with van der Waals surface area (Å²) in [6.07, 6.45) is 1.81. The Morgan fingerprint density at radius 3 is 2.55 bits per heavy atom. The normalized spacial score (nSPS) is 18.4. The molecule has 0 bridgehead atoms. The number of halogens is 3. The van der Waals surface area contributed by atoms with Gasteiger partial charge in [-0.15, -0.1) is 13.2 Å². The SMILES string of the molecule is O=c1[nH]c(C2CCCCC2)nc2c1CN(Cc1ccc(OC(F)(F)F)cc1)CC2. The van der Waals surface area contributed by atoms with Crippen LogP contribution >= 0.6 is 0 Å². The van der Waals surface area contributed by atoms with Gasteiger partial charge in [0.25, 0.3) is 5.56 Å². The molecule has 0 saturated heterocycles. The average Bonchev–Trinajstić information content (AvgIpc) is 2.69. The van der Waals surface area contributed by atoms with E-state index in [-0.39, 0.29) is 11.3 Å². The highest BCUT2D eigenvalue weighted by Crippen LogP contribution is 2.31. The molecule has 0 unspecified atom stereocenters. The van der Waals surface area contributed by atoms with Gasteiger partial charge in [0.2, 0.25) is 0 Å². The summed E-state index contributed by atoms with van der Waals surface area (Å²) >= 11 is 0. The maximum Gasteiger partial charge on any atom is 0.573 e. The Morgan fingerprint density at radius 2 is 1.86 bits per heavy atom. The molecular formula is C21H24F3N3O2. The largest absolute Gasteiger partial charge is 0.573 e. The molecule has 5 nitrogen and oxygen atoms in total. The molecule has 4 rings (SSSR count). The number of rotatable bonds is 4. The van der Waals surface area contributed by atoms with Crippen molar-refractivity contribution >= 4 is 0 Å². The highest BCUT2D eigenvalue weighted by molar-refractivity contribution is 5.28. The van der Waals surface area contributed by atoms with Crippen molar-refractivity contribution in [3.63, 3.8) is 0 Å². The summed E-state index contributed by atoms with van der Waals surface area (Å²) in [5, 5.41) is 0. The molecule has 156 valence electrons. The molecule has 0 radical (unpaired) electrons. The van der Waals surface area contributed by atoms with E-state index in [9.17, 15) is 18.0 Å². The van der Waals surface area contributed by atoms with Crippen LogP contribution in [0.5, 0.6) is 5.75 Å². The van der Waals surface area contributed by atoms with Gasteiger partial charge in [0, 0.05) is 32.0 Å². The molecule has 1 fully saturated rings. The number of aromatic amines is 1. The number of fused-ring (bicyclic) bond motifs is 1. The molecule has 1 aromatic carbocycles. The van der Waals surface area contributed by atoms with E-state index in [0.717, 1.165) is 36.5 Å². The minimum absolute atomic E-state index is 0.0609.